The molecule has 0 aromatic heterocycles. The van der Waals surface area contributed by atoms with Gasteiger partial charge in [-0.05, 0) is 18.6 Å². The summed E-state index contributed by atoms with van der Waals surface area (Å²) in [5.41, 5.74) is 1.19. The zero-order valence-electron chi connectivity index (χ0n) is 6.99. The van der Waals surface area contributed by atoms with Crippen molar-refractivity contribution in [2.24, 2.45) is 0 Å². The molecule has 1 aromatic carbocycles. The minimum atomic E-state index is 0.507. The molecule has 1 fully saturated rings. The third-order valence-corrected chi connectivity index (χ3v) is 2.07. The standard InChI is InChI=1S/C10H13NO/c1-2-4-9(5-3-1)11-10-6-7-12-8-10/h1-5,10-11H,6-8H2. The first-order valence-corrected chi connectivity index (χ1v) is 4.34. The summed E-state index contributed by atoms with van der Waals surface area (Å²) in [5, 5.41) is 3.42. The van der Waals surface area contributed by atoms with Gasteiger partial charge < -0.3 is 10.1 Å². The fourth-order valence-electron chi connectivity index (χ4n) is 1.42. The second-order valence-electron chi connectivity index (χ2n) is 3.07. The van der Waals surface area contributed by atoms with Crippen LogP contribution in [0.15, 0.2) is 30.3 Å². The zero-order chi connectivity index (χ0) is 8.23. The Labute approximate surface area is 72.5 Å². The quantitative estimate of drug-likeness (QED) is 0.718. The van der Waals surface area contributed by atoms with E-state index in [1.54, 1.807) is 0 Å². The molecule has 1 aromatic rings. The Bertz CT molecular complexity index is 229. The van der Waals surface area contributed by atoms with Gasteiger partial charge in [-0.15, -0.1) is 0 Å². The first kappa shape index (κ1) is 7.62. The normalized spacial score (nSPS) is 22.5. The third-order valence-electron chi connectivity index (χ3n) is 2.07. The fourth-order valence-corrected chi connectivity index (χ4v) is 1.42. The van der Waals surface area contributed by atoms with Gasteiger partial charge in [0.15, 0.2) is 0 Å². The number of ether oxygens (including phenoxy) is 1. The Hall–Kier alpha value is -1.02. The van der Waals surface area contributed by atoms with E-state index in [4.69, 9.17) is 4.74 Å². The highest BCUT2D eigenvalue weighted by Gasteiger charge is 2.14. The highest BCUT2D eigenvalue weighted by atomic mass is 16.5. The van der Waals surface area contributed by atoms with E-state index in [0.29, 0.717) is 6.04 Å². The molecule has 12 heavy (non-hydrogen) atoms. The summed E-state index contributed by atoms with van der Waals surface area (Å²) in [6.45, 7) is 1.74. The van der Waals surface area contributed by atoms with Crippen LogP contribution in [0.5, 0.6) is 0 Å². The molecule has 64 valence electrons. The molecule has 0 saturated carbocycles. The zero-order valence-corrected chi connectivity index (χ0v) is 6.99. The highest BCUT2D eigenvalue weighted by Crippen LogP contribution is 2.12. The Balaban J connectivity index is 1.94. The van der Waals surface area contributed by atoms with Gasteiger partial charge in [0, 0.05) is 12.3 Å². The molecule has 1 saturated heterocycles. The van der Waals surface area contributed by atoms with E-state index >= 15 is 0 Å². The van der Waals surface area contributed by atoms with E-state index in [2.05, 4.69) is 17.4 Å². The number of anilines is 1. The number of para-hydroxylation sites is 1. The van der Waals surface area contributed by atoms with Crippen LogP contribution in [0.25, 0.3) is 0 Å². The lowest BCUT2D eigenvalue weighted by molar-refractivity contribution is 0.195. The number of nitrogens with one attached hydrogen (secondary N) is 1. The summed E-state index contributed by atoms with van der Waals surface area (Å²) in [6, 6.07) is 10.8. The first-order valence-electron chi connectivity index (χ1n) is 4.34. The SMILES string of the molecule is c1ccc(NC2CCOC2)cc1. The maximum absolute atomic E-state index is 5.27. The molecule has 0 bridgehead atoms. The summed E-state index contributed by atoms with van der Waals surface area (Å²) in [6.07, 6.45) is 1.12. The second kappa shape index (κ2) is 3.59. The van der Waals surface area contributed by atoms with Gasteiger partial charge in [-0.1, -0.05) is 18.2 Å². The number of rotatable bonds is 2. The van der Waals surface area contributed by atoms with Crippen molar-refractivity contribution in [3.05, 3.63) is 30.3 Å². The Morgan fingerprint density at radius 3 is 2.75 bits per heavy atom. The molecule has 1 aliphatic heterocycles. The van der Waals surface area contributed by atoms with Crippen molar-refractivity contribution in [1.82, 2.24) is 0 Å². The van der Waals surface area contributed by atoms with Gasteiger partial charge in [-0.25, -0.2) is 0 Å². The molecular weight excluding hydrogens is 150 g/mol. The predicted octanol–water partition coefficient (Wildman–Crippen LogP) is 1.89. The van der Waals surface area contributed by atoms with Crippen molar-refractivity contribution < 1.29 is 4.74 Å². The average Bonchev–Trinajstić information content (AvgIpc) is 2.59. The monoisotopic (exact) mass is 163 g/mol. The summed E-state index contributed by atoms with van der Waals surface area (Å²) < 4.78 is 5.27. The van der Waals surface area contributed by atoms with Crippen molar-refractivity contribution in [2.75, 3.05) is 18.5 Å². The molecule has 1 unspecified atom stereocenters. The first-order chi connectivity index (χ1) is 5.95. The predicted molar refractivity (Wildman–Crippen MR) is 49.3 cm³/mol. The molecule has 0 aliphatic carbocycles. The number of hydrogen-bond acceptors (Lipinski definition) is 2. The van der Waals surface area contributed by atoms with Crippen LogP contribution in [0.1, 0.15) is 6.42 Å². The van der Waals surface area contributed by atoms with E-state index in [9.17, 15) is 0 Å². The second-order valence-corrected chi connectivity index (χ2v) is 3.07. The number of benzene rings is 1. The van der Waals surface area contributed by atoms with Crippen LogP contribution in [0.4, 0.5) is 5.69 Å². The van der Waals surface area contributed by atoms with Gasteiger partial charge in [0.2, 0.25) is 0 Å². The number of hydrogen-bond donors (Lipinski definition) is 1. The summed E-state index contributed by atoms with van der Waals surface area (Å²) in [4.78, 5) is 0. The lowest BCUT2D eigenvalue weighted by atomic mass is 10.2. The third kappa shape index (κ3) is 1.77. The average molecular weight is 163 g/mol. The van der Waals surface area contributed by atoms with Gasteiger partial charge in [0.05, 0.1) is 12.6 Å². The highest BCUT2D eigenvalue weighted by molar-refractivity contribution is 5.43. The Morgan fingerprint density at radius 1 is 1.25 bits per heavy atom. The molecule has 1 aliphatic rings. The maximum Gasteiger partial charge on any atom is 0.0668 e. The topological polar surface area (TPSA) is 21.3 Å². The van der Waals surface area contributed by atoms with E-state index in [0.717, 1.165) is 19.6 Å². The van der Waals surface area contributed by atoms with E-state index < -0.39 is 0 Å². The van der Waals surface area contributed by atoms with Crippen LogP contribution in [0, 0.1) is 0 Å². The Kier molecular flexibility index (Phi) is 2.28. The van der Waals surface area contributed by atoms with Crippen LogP contribution in [0.3, 0.4) is 0 Å². The molecule has 1 atom stereocenters. The van der Waals surface area contributed by atoms with Crippen LogP contribution in [0.2, 0.25) is 0 Å². The van der Waals surface area contributed by atoms with Crippen molar-refractivity contribution in [3.63, 3.8) is 0 Å². The summed E-state index contributed by atoms with van der Waals surface area (Å²) in [7, 11) is 0. The molecule has 2 rings (SSSR count). The maximum atomic E-state index is 5.27. The lowest BCUT2D eigenvalue weighted by Crippen LogP contribution is -2.18. The van der Waals surface area contributed by atoms with Crippen molar-refractivity contribution in [2.45, 2.75) is 12.5 Å². The molecule has 0 spiro atoms. The summed E-state index contributed by atoms with van der Waals surface area (Å²) >= 11 is 0. The minimum absolute atomic E-state index is 0.507. The smallest absolute Gasteiger partial charge is 0.0668 e. The lowest BCUT2D eigenvalue weighted by Gasteiger charge is -2.11. The van der Waals surface area contributed by atoms with E-state index in [1.807, 2.05) is 18.2 Å². The van der Waals surface area contributed by atoms with Gasteiger partial charge in [-0.2, -0.15) is 0 Å². The molecule has 1 N–H and O–H groups in total. The Morgan fingerprint density at radius 2 is 2.08 bits per heavy atom. The van der Waals surface area contributed by atoms with Gasteiger partial charge in [0.25, 0.3) is 0 Å². The molecule has 0 radical (unpaired) electrons. The molecule has 2 nitrogen and oxygen atoms in total. The molecular formula is C10H13NO. The van der Waals surface area contributed by atoms with Crippen LogP contribution in [-0.4, -0.2) is 19.3 Å². The van der Waals surface area contributed by atoms with Crippen molar-refractivity contribution in [3.8, 4) is 0 Å². The fraction of sp³-hybridized carbons (Fsp3) is 0.400. The van der Waals surface area contributed by atoms with Gasteiger partial charge in [-0.3, -0.25) is 0 Å². The molecule has 1 heterocycles. The van der Waals surface area contributed by atoms with Gasteiger partial charge >= 0.3 is 0 Å². The molecule has 0 amide bonds. The minimum Gasteiger partial charge on any atom is -0.380 e. The summed E-state index contributed by atoms with van der Waals surface area (Å²) in [5.74, 6) is 0. The molecule has 2 heteroatoms. The van der Waals surface area contributed by atoms with Crippen molar-refractivity contribution in [1.29, 1.82) is 0 Å². The van der Waals surface area contributed by atoms with E-state index in [-0.39, 0.29) is 0 Å². The van der Waals surface area contributed by atoms with Crippen LogP contribution >= 0.6 is 0 Å². The largest absolute Gasteiger partial charge is 0.380 e. The van der Waals surface area contributed by atoms with E-state index in [1.165, 1.54) is 5.69 Å². The van der Waals surface area contributed by atoms with Gasteiger partial charge in [0.1, 0.15) is 0 Å². The van der Waals surface area contributed by atoms with Crippen molar-refractivity contribution >= 4 is 5.69 Å². The van der Waals surface area contributed by atoms with Crippen LogP contribution in [-0.2, 0) is 4.74 Å². The van der Waals surface area contributed by atoms with Crippen LogP contribution < -0.4 is 5.32 Å².